The van der Waals surface area contributed by atoms with Gasteiger partial charge >= 0.3 is 11.9 Å². The normalized spacial score (nSPS) is 24.3. The number of ketones is 1. The number of hydrogen-bond acceptors (Lipinski definition) is 6. The maximum atomic E-state index is 13.6. The number of Topliss-reactive ketones (excluding diaryl/α,β-unsaturated/α-hetero) is 1. The second-order valence-corrected chi connectivity index (χ2v) is 8.21. The SMILES string of the molecule is CC[C@H](C)OC(=O)C1=C(C)NC2=C(C(=O)[C@H](C(=O)OC)[C@@H](C)C2)[C@H]1c1ccc(F)cc1. The standard InChI is InChI=1S/C24H28FNO5/c1-6-13(3)31-24(29)19-14(4)26-17-11-12(2)18(23(28)30-5)22(27)21(17)20(19)15-7-9-16(25)10-8-15/h7-10,12-13,18,20,26H,6,11H2,1-5H3/t12-,13-,18+,20-/m0/s1. The highest BCUT2D eigenvalue weighted by Crippen LogP contribution is 2.45. The minimum absolute atomic E-state index is 0.263. The van der Waals surface area contributed by atoms with Gasteiger partial charge in [-0.15, -0.1) is 0 Å². The van der Waals surface area contributed by atoms with Gasteiger partial charge in [-0.25, -0.2) is 9.18 Å². The molecular weight excluding hydrogens is 401 g/mol. The van der Waals surface area contributed by atoms with Crippen LogP contribution in [0.3, 0.4) is 0 Å². The van der Waals surface area contributed by atoms with Crippen LogP contribution in [0.1, 0.15) is 52.0 Å². The molecule has 0 fully saturated rings. The minimum Gasteiger partial charge on any atom is -0.468 e. The van der Waals surface area contributed by atoms with E-state index >= 15 is 0 Å². The molecule has 0 saturated carbocycles. The highest BCUT2D eigenvalue weighted by Gasteiger charge is 2.47. The average Bonchev–Trinajstić information content (AvgIpc) is 2.72. The van der Waals surface area contributed by atoms with E-state index in [4.69, 9.17) is 9.47 Å². The lowest BCUT2D eigenvalue weighted by atomic mass is 9.69. The number of ether oxygens (including phenoxy) is 2. The first-order chi connectivity index (χ1) is 14.7. The summed E-state index contributed by atoms with van der Waals surface area (Å²) in [5, 5.41) is 3.20. The van der Waals surface area contributed by atoms with Crippen LogP contribution < -0.4 is 5.32 Å². The molecule has 1 N–H and O–H groups in total. The first-order valence-corrected chi connectivity index (χ1v) is 10.5. The molecule has 0 saturated heterocycles. The van der Waals surface area contributed by atoms with Gasteiger partial charge in [0.25, 0.3) is 0 Å². The molecule has 1 aromatic carbocycles. The van der Waals surface area contributed by atoms with Crippen LogP contribution in [-0.4, -0.2) is 30.9 Å². The van der Waals surface area contributed by atoms with Gasteiger partial charge in [0.1, 0.15) is 11.7 Å². The number of methoxy groups -OCH3 is 1. The van der Waals surface area contributed by atoms with Gasteiger partial charge in [0.2, 0.25) is 0 Å². The van der Waals surface area contributed by atoms with Crippen molar-refractivity contribution in [3.05, 3.63) is 58.2 Å². The van der Waals surface area contributed by atoms with E-state index in [9.17, 15) is 18.8 Å². The van der Waals surface area contributed by atoms with Crippen LogP contribution in [0.15, 0.2) is 46.8 Å². The van der Waals surface area contributed by atoms with E-state index in [2.05, 4.69) is 5.32 Å². The van der Waals surface area contributed by atoms with E-state index < -0.39 is 29.6 Å². The molecule has 0 amide bonds. The third kappa shape index (κ3) is 4.27. The number of allylic oxidation sites excluding steroid dienone is 3. The molecule has 0 spiro atoms. The predicted molar refractivity (Wildman–Crippen MR) is 112 cm³/mol. The highest BCUT2D eigenvalue weighted by molar-refractivity contribution is 6.12. The molecule has 0 radical (unpaired) electrons. The maximum absolute atomic E-state index is 13.6. The summed E-state index contributed by atoms with van der Waals surface area (Å²) >= 11 is 0. The van der Waals surface area contributed by atoms with Crippen LogP contribution in [-0.2, 0) is 23.9 Å². The molecule has 4 atom stereocenters. The van der Waals surface area contributed by atoms with Crippen molar-refractivity contribution in [2.75, 3.05) is 7.11 Å². The molecule has 6 nitrogen and oxygen atoms in total. The second-order valence-electron chi connectivity index (χ2n) is 8.21. The van der Waals surface area contributed by atoms with Gasteiger partial charge in [-0.05, 0) is 50.3 Å². The number of rotatable bonds is 5. The van der Waals surface area contributed by atoms with Gasteiger partial charge in [-0.3, -0.25) is 9.59 Å². The van der Waals surface area contributed by atoms with Crippen LogP contribution in [0, 0.1) is 17.7 Å². The van der Waals surface area contributed by atoms with Crippen molar-refractivity contribution in [1.82, 2.24) is 5.32 Å². The van der Waals surface area contributed by atoms with Crippen LogP contribution in [0.4, 0.5) is 4.39 Å². The molecular formula is C24H28FNO5. The summed E-state index contributed by atoms with van der Waals surface area (Å²) in [5.74, 6) is -3.94. The topological polar surface area (TPSA) is 81.7 Å². The lowest BCUT2D eigenvalue weighted by Crippen LogP contribution is -2.43. The number of hydrogen-bond donors (Lipinski definition) is 1. The molecule has 3 rings (SSSR count). The Morgan fingerprint density at radius 1 is 1.26 bits per heavy atom. The number of benzene rings is 1. The summed E-state index contributed by atoms with van der Waals surface area (Å²) in [6.07, 6.45) is 0.785. The predicted octanol–water partition coefficient (Wildman–Crippen LogP) is 3.78. The zero-order valence-electron chi connectivity index (χ0n) is 18.5. The van der Waals surface area contributed by atoms with Crippen LogP contribution >= 0.6 is 0 Å². The van der Waals surface area contributed by atoms with Crippen molar-refractivity contribution < 1.29 is 28.2 Å². The van der Waals surface area contributed by atoms with Crippen molar-refractivity contribution >= 4 is 17.7 Å². The molecule has 1 aliphatic heterocycles. The Labute approximate surface area is 181 Å². The first kappa shape index (κ1) is 22.7. The quantitative estimate of drug-likeness (QED) is 0.567. The summed E-state index contributed by atoms with van der Waals surface area (Å²) in [6.45, 7) is 7.28. The first-order valence-electron chi connectivity index (χ1n) is 10.5. The number of halogens is 1. The summed E-state index contributed by atoms with van der Waals surface area (Å²) in [5.41, 5.74) is 2.46. The van der Waals surface area contributed by atoms with Crippen molar-refractivity contribution in [3.8, 4) is 0 Å². The van der Waals surface area contributed by atoms with E-state index in [-0.39, 0.29) is 23.4 Å². The Hall–Kier alpha value is -2.96. The highest BCUT2D eigenvalue weighted by atomic mass is 19.1. The van der Waals surface area contributed by atoms with Gasteiger partial charge in [0.15, 0.2) is 5.78 Å². The molecule has 31 heavy (non-hydrogen) atoms. The van der Waals surface area contributed by atoms with E-state index in [1.54, 1.807) is 26.0 Å². The van der Waals surface area contributed by atoms with E-state index in [0.29, 0.717) is 35.4 Å². The average molecular weight is 429 g/mol. The fraction of sp³-hybridized carbons (Fsp3) is 0.458. The van der Waals surface area contributed by atoms with Crippen LogP contribution in [0.2, 0.25) is 0 Å². The lowest BCUT2D eigenvalue weighted by Gasteiger charge is -2.38. The van der Waals surface area contributed by atoms with Crippen LogP contribution in [0.5, 0.6) is 0 Å². The summed E-state index contributed by atoms with van der Waals surface area (Å²) in [4.78, 5) is 39.0. The Kier molecular flexibility index (Phi) is 6.62. The Bertz CT molecular complexity index is 963. The van der Waals surface area contributed by atoms with Crippen molar-refractivity contribution in [2.24, 2.45) is 11.8 Å². The van der Waals surface area contributed by atoms with Crippen LogP contribution in [0.25, 0.3) is 0 Å². The fourth-order valence-electron chi connectivity index (χ4n) is 4.27. The molecule has 7 heteroatoms. The van der Waals surface area contributed by atoms with E-state index in [1.165, 1.54) is 19.2 Å². The van der Waals surface area contributed by atoms with E-state index in [0.717, 1.165) is 0 Å². The number of dihydropyridines is 1. The van der Waals surface area contributed by atoms with Gasteiger partial charge in [0, 0.05) is 22.9 Å². The van der Waals surface area contributed by atoms with Gasteiger partial charge in [0.05, 0.1) is 18.8 Å². The molecule has 2 aliphatic rings. The lowest BCUT2D eigenvalue weighted by molar-refractivity contribution is -0.151. The van der Waals surface area contributed by atoms with Gasteiger partial charge < -0.3 is 14.8 Å². The Morgan fingerprint density at radius 2 is 1.90 bits per heavy atom. The number of carbonyl (C=O) groups is 3. The van der Waals surface area contributed by atoms with Crippen molar-refractivity contribution in [3.63, 3.8) is 0 Å². The third-order valence-electron chi connectivity index (χ3n) is 6.05. The second kappa shape index (κ2) is 9.04. The molecule has 166 valence electrons. The summed E-state index contributed by atoms with van der Waals surface area (Å²) < 4.78 is 24.1. The molecule has 0 aromatic heterocycles. The molecule has 1 aromatic rings. The molecule has 1 heterocycles. The fourth-order valence-corrected chi connectivity index (χ4v) is 4.27. The zero-order chi connectivity index (χ0) is 22.9. The monoisotopic (exact) mass is 429 g/mol. The maximum Gasteiger partial charge on any atom is 0.337 e. The Balaban J connectivity index is 2.15. The zero-order valence-corrected chi connectivity index (χ0v) is 18.5. The summed E-state index contributed by atoms with van der Waals surface area (Å²) in [6, 6.07) is 5.69. The Morgan fingerprint density at radius 3 is 2.48 bits per heavy atom. The summed E-state index contributed by atoms with van der Waals surface area (Å²) in [7, 11) is 1.25. The third-order valence-corrected chi connectivity index (χ3v) is 6.05. The minimum atomic E-state index is -0.959. The smallest absolute Gasteiger partial charge is 0.337 e. The number of carbonyl (C=O) groups excluding carboxylic acids is 3. The van der Waals surface area contributed by atoms with Gasteiger partial charge in [-0.2, -0.15) is 0 Å². The van der Waals surface area contributed by atoms with Crippen molar-refractivity contribution in [1.29, 1.82) is 0 Å². The molecule has 1 aliphatic carbocycles. The molecule has 0 bridgehead atoms. The largest absolute Gasteiger partial charge is 0.468 e. The van der Waals surface area contributed by atoms with Crippen molar-refractivity contribution in [2.45, 2.75) is 52.6 Å². The molecule has 0 unspecified atom stereocenters. The van der Waals surface area contributed by atoms with Gasteiger partial charge in [-0.1, -0.05) is 26.0 Å². The number of esters is 2. The van der Waals surface area contributed by atoms with E-state index in [1.807, 2.05) is 13.8 Å². The number of nitrogens with one attached hydrogen (secondary N) is 1.